The van der Waals surface area contributed by atoms with Crippen LogP contribution < -0.4 is 15.0 Å². The van der Waals surface area contributed by atoms with Gasteiger partial charge in [0, 0.05) is 18.1 Å². The lowest BCUT2D eigenvalue weighted by molar-refractivity contribution is -0.125. The van der Waals surface area contributed by atoms with Crippen molar-refractivity contribution in [3.05, 3.63) is 58.6 Å². The fourth-order valence-corrected chi connectivity index (χ4v) is 4.16. The maximum Gasteiger partial charge on any atom is 0.265 e. The van der Waals surface area contributed by atoms with Crippen molar-refractivity contribution in [2.24, 2.45) is 5.92 Å². The molecule has 6 nitrogen and oxygen atoms in total. The Hall–Kier alpha value is -2.57. The molecule has 1 fully saturated rings. The molecule has 0 radical (unpaired) electrons. The van der Waals surface area contributed by atoms with Crippen molar-refractivity contribution in [3.63, 3.8) is 0 Å². The van der Waals surface area contributed by atoms with Crippen molar-refractivity contribution in [3.8, 4) is 5.75 Å². The van der Waals surface area contributed by atoms with E-state index in [0.717, 1.165) is 31.1 Å². The highest BCUT2D eigenvalue weighted by Crippen LogP contribution is 2.34. The maximum absolute atomic E-state index is 12.5. The molecule has 7 heteroatoms. The van der Waals surface area contributed by atoms with Crippen LogP contribution in [-0.4, -0.2) is 43.0 Å². The number of likely N-dealkylation sites (tertiary alicyclic amines) is 1. The van der Waals surface area contributed by atoms with Gasteiger partial charge in [-0.3, -0.25) is 19.4 Å². The number of carbonyl (C=O) groups is 2. The van der Waals surface area contributed by atoms with E-state index in [-0.39, 0.29) is 25.0 Å². The number of benzene rings is 2. The first-order chi connectivity index (χ1) is 15.0. The monoisotopic (exact) mass is 441 g/mol. The number of rotatable bonds is 6. The Kier molecular flexibility index (Phi) is 6.78. The fourth-order valence-electron chi connectivity index (χ4n) is 3.99. The third-order valence-corrected chi connectivity index (χ3v) is 6.20. The van der Waals surface area contributed by atoms with Gasteiger partial charge in [0.2, 0.25) is 5.91 Å². The van der Waals surface area contributed by atoms with Crippen LogP contribution in [0.5, 0.6) is 5.75 Å². The minimum absolute atomic E-state index is 0.0685. The molecule has 1 saturated heterocycles. The highest BCUT2D eigenvalue weighted by molar-refractivity contribution is 6.31. The van der Waals surface area contributed by atoms with Crippen molar-refractivity contribution >= 4 is 29.1 Å². The number of hydrogen-bond donors (Lipinski definition) is 1. The van der Waals surface area contributed by atoms with Gasteiger partial charge in [0.15, 0.2) is 6.61 Å². The Morgan fingerprint density at radius 1 is 1.13 bits per heavy atom. The molecule has 2 aromatic rings. The number of halogens is 1. The van der Waals surface area contributed by atoms with Crippen LogP contribution in [0.2, 0.25) is 5.02 Å². The zero-order valence-electron chi connectivity index (χ0n) is 17.8. The Bertz CT molecular complexity index is 940. The first kappa shape index (κ1) is 21.7. The summed E-state index contributed by atoms with van der Waals surface area (Å²) in [6, 6.07) is 13.4. The van der Waals surface area contributed by atoms with Gasteiger partial charge in [-0.25, -0.2) is 0 Å². The predicted molar refractivity (Wildman–Crippen MR) is 121 cm³/mol. The number of carbonyl (C=O) groups excluding carboxylic acids is 2. The number of piperidine rings is 1. The van der Waals surface area contributed by atoms with Gasteiger partial charge >= 0.3 is 0 Å². The number of ether oxygens (including phenoxy) is 1. The molecule has 0 spiro atoms. The molecule has 0 atom stereocenters. The zero-order valence-corrected chi connectivity index (χ0v) is 18.5. The molecule has 31 heavy (non-hydrogen) atoms. The van der Waals surface area contributed by atoms with Gasteiger partial charge in [0.25, 0.3) is 5.91 Å². The van der Waals surface area contributed by atoms with Crippen molar-refractivity contribution < 1.29 is 14.3 Å². The number of hydrogen-bond acceptors (Lipinski definition) is 4. The quantitative estimate of drug-likeness (QED) is 0.743. The molecule has 2 aliphatic rings. The zero-order chi connectivity index (χ0) is 21.8. The predicted octanol–water partition coefficient (Wildman–Crippen LogP) is 3.61. The first-order valence-electron chi connectivity index (χ1n) is 10.8. The van der Waals surface area contributed by atoms with Crippen LogP contribution in [0.15, 0.2) is 42.5 Å². The summed E-state index contributed by atoms with van der Waals surface area (Å²) in [5.41, 5.74) is 2.84. The van der Waals surface area contributed by atoms with Crippen LogP contribution in [-0.2, 0) is 22.7 Å². The summed E-state index contributed by atoms with van der Waals surface area (Å²) >= 11 is 6.05. The average molecular weight is 442 g/mol. The van der Waals surface area contributed by atoms with E-state index in [4.69, 9.17) is 16.3 Å². The van der Waals surface area contributed by atoms with E-state index in [0.29, 0.717) is 23.0 Å². The van der Waals surface area contributed by atoms with Crippen LogP contribution >= 0.6 is 11.6 Å². The largest absolute Gasteiger partial charge is 0.482 e. The van der Waals surface area contributed by atoms with E-state index in [1.807, 2.05) is 0 Å². The highest BCUT2D eigenvalue weighted by Gasteiger charge is 2.27. The fraction of sp³-hybridized carbons (Fsp3) is 0.417. The molecule has 0 aliphatic carbocycles. The number of anilines is 1. The van der Waals surface area contributed by atoms with Crippen molar-refractivity contribution in [1.82, 2.24) is 10.2 Å². The lowest BCUT2D eigenvalue weighted by atomic mass is 9.99. The molecule has 0 bridgehead atoms. The average Bonchev–Trinajstić information content (AvgIpc) is 2.77. The second kappa shape index (κ2) is 9.71. The van der Waals surface area contributed by atoms with E-state index in [2.05, 4.69) is 41.4 Å². The van der Waals surface area contributed by atoms with Crippen LogP contribution in [0, 0.1) is 5.92 Å². The summed E-state index contributed by atoms with van der Waals surface area (Å²) < 4.78 is 5.42. The molecule has 164 valence electrons. The third-order valence-electron chi connectivity index (χ3n) is 5.96. The molecule has 2 amide bonds. The maximum atomic E-state index is 12.5. The summed E-state index contributed by atoms with van der Waals surface area (Å²) in [7, 11) is 0. The number of nitrogens with one attached hydrogen (secondary N) is 1. The molecule has 0 aromatic heterocycles. The molecule has 2 heterocycles. The molecule has 4 rings (SSSR count). The van der Waals surface area contributed by atoms with E-state index in [9.17, 15) is 9.59 Å². The topological polar surface area (TPSA) is 61.9 Å². The summed E-state index contributed by atoms with van der Waals surface area (Å²) in [6.45, 7) is 5.88. The van der Waals surface area contributed by atoms with Crippen molar-refractivity contribution in [2.75, 3.05) is 31.1 Å². The first-order valence-corrected chi connectivity index (χ1v) is 11.2. The SMILES string of the molecule is CC1CCN(Cc2ccc(CNC(=O)CN3C(=O)COc4ccc(Cl)cc43)cc2)CC1. The van der Waals surface area contributed by atoms with Crippen LogP contribution in [0.1, 0.15) is 30.9 Å². The van der Waals surface area contributed by atoms with E-state index in [1.165, 1.54) is 23.3 Å². The van der Waals surface area contributed by atoms with Gasteiger partial charge in [0.1, 0.15) is 12.3 Å². The molecule has 2 aromatic carbocycles. The standard InChI is InChI=1S/C24H28ClN3O3/c1-17-8-10-27(11-9-17)14-19-4-2-18(3-5-19)13-26-23(29)15-28-21-12-20(25)6-7-22(21)31-16-24(28)30/h2-7,12,17H,8-11,13-16H2,1H3,(H,26,29). The Labute approximate surface area is 188 Å². The van der Waals surface area contributed by atoms with Crippen LogP contribution in [0.3, 0.4) is 0 Å². The molecular formula is C24H28ClN3O3. The minimum atomic E-state index is -0.263. The highest BCUT2D eigenvalue weighted by atomic mass is 35.5. The van der Waals surface area contributed by atoms with Gasteiger partial charge in [-0.05, 0) is 61.2 Å². The number of fused-ring (bicyclic) bond motifs is 1. The second-order valence-electron chi connectivity index (χ2n) is 8.43. The lowest BCUT2D eigenvalue weighted by Crippen LogP contribution is -2.45. The third kappa shape index (κ3) is 5.57. The van der Waals surface area contributed by atoms with Crippen molar-refractivity contribution in [2.45, 2.75) is 32.9 Å². The Balaban J connectivity index is 1.29. The van der Waals surface area contributed by atoms with E-state index < -0.39 is 0 Å². The number of nitrogens with zero attached hydrogens (tertiary/aromatic N) is 2. The van der Waals surface area contributed by atoms with Gasteiger partial charge in [0.05, 0.1) is 5.69 Å². The minimum Gasteiger partial charge on any atom is -0.482 e. The summed E-state index contributed by atoms with van der Waals surface area (Å²) in [4.78, 5) is 28.7. The van der Waals surface area contributed by atoms with Gasteiger partial charge < -0.3 is 10.1 Å². The molecule has 2 aliphatic heterocycles. The molecule has 0 saturated carbocycles. The van der Waals surface area contributed by atoms with Gasteiger partial charge in [-0.2, -0.15) is 0 Å². The van der Waals surface area contributed by atoms with Crippen molar-refractivity contribution in [1.29, 1.82) is 0 Å². The summed E-state index contributed by atoms with van der Waals surface area (Å²) in [6.07, 6.45) is 2.54. The number of amides is 2. The van der Waals surface area contributed by atoms with Gasteiger partial charge in [-0.1, -0.05) is 42.8 Å². The summed E-state index contributed by atoms with van der Waals surface area (Å²) in [5, 5.41) is 3.39. The second-order valence-corrected chi connectivity index (χ2v) is 8.87. The molecule has 1 N–H and O–H groups in total. The molecule has 0 unspecified atom stereocenters. The van der Waals surface area contributed by atoms with E-state index >= 15 is 0 Å². The normalized spacial score (nSPS) is 17.2. The Morgan fingerprint density at radius 3 is 2.58 bits per heavy atom. The molecular weight excluding hydrogens is 414 g/mol. The van der Waals surface area contributed by atoms with Crippen LogP contribution in [0.4, 0.5) is 5.69 Å². The van der Waals surface area contributed by atoms with Crippen LogP contribution in [0.25, 0.3) is 0 Å². The van der Waals surface area contributed by atoms with E-state index in [1.54, 1.807) is 18.2 Å². The summed E-state index contributed by atoms with van der Waals surface area (Å²) in [5.74, 6) is 0.894. The smallest absolute Gasteiger partial charge is 0.265 e. The van der Waals surface area contributed by atoms with Gasteiger partial charge in [-0.15, -0.1) is 0 Å². The lowest BCUT2D eigenvalue weighted by Gasteiger charge is -2.30. The Morgan fingerprint density at radius 2 is 1.84 bits per heavy atom.